The summed E-state index contributed by atoms with van der Waals surface area (Å²) in [6.07, 6.45) is 1.47. The summed E-state index contributed by atoms with van der Waals surface area (Å²) in [4.78, 5) is 41.5. The Morgan fingerprint density at radius 3 is 2.45 bits per heavy atom. The van der Waals surface area contributed by atoms with Crippen LogP contribution >= 0.6 is 0 Å². The summed E-state index contributed by atoms with van der Waals surface area (Å²) in [5.74, 6) is -2.00. The van der Waals surface area contributed by atoms with Crippen molar-refractivity contribution in [1.29, 1.82) is 0 Å². The van der Waals surface area contributed by atoms with Crippen molar-refractivity contribution < 1.29 is 24.2 Å². The first-order valence-electron chi connectivity index (χ1n) is 8.95. The number of phenolic OH excluding ortho intramolecular Hbond substituents is 1. The summed E-state index contributed by atoms with van der Waals surface area (Å²) in [7, 11) is 1.46. The van der Waals surface area contributed by atoms with Gasteiger partial charge in [-0.15, -0.1) is 0 Å². The number of carbonyl (C=O) groups is 3. The molecule has 150 valence electrons. The Balaban J connectivity index is 1.93. The molecule has 2 aromatic carbocycles. The summed E-state index contributed by atoms with van der Waals surface area (Å²) in [5, 5.41) is 11.8. The number of rotatable bonds is 4. The normalized spacial score (nSPS) is 16.1. The summed E-state index contributed by atoms with van der Waals surface area (Å²) < 4.78 is 5.01. The SMILES string of the molecule is COc1ccc(CN=CC2C(=O)N(C(C)=O)N(C(C)=O)c3ccccc32)cc1O. The predicted molar refractivity (Wildman–Crippen MR) is 107 cm³/mol. The topological polar surface area (TPSA) is 99.5 Å². The number of para-hydroxylation sites is 1. The molecule has 1 heterocycles. The molecule has 1 aliphatic heterocycles. The van der Waals surface area contributed by atoms with E-state index in [0.29, 0.717) is 17.0 Å². The van der Waals surface area contributed by atoms with Crippen LogP contribution in [0, 0.1) is 0 Å². The Hall–Kier alpha value is -3.68. The average molecular weight is 395 g/mol. The molecule has 0 spiro atoms. The van der Waals surface area contributed by atoms with E-state index >= 15 is 0 Å². The lowest BCUT2D eigenvalue weighted by molar-refractivity contribution is -0.148. The first-order valence-corrected chi connectivity index (χ1v) is 8.95. The monoisotopic (exact) mass is 395 g/mol. The number of aromatic hydroxyl groups is 1. The quantitative estimate of drug-likeness (QED) is 0.802. The molecule has 1 aliphatic rings. The second-order valence-electron chi connectivity index (χ2n) is 6.53. The molecule has 1 unspecified atom stereocenters. The fourth-order valence-corrected chi connectivity index (χ4v) is 3.26. The fraction of sp³-hybridized carbons (Fsp3) is 0.238. The second kappa shape index (κ2) is 8.14. The molecule has 0 aliphatic carbocycles. The number of amides is 3. The molecule has 8 heteroatoms. The minimum atomic E-state index is -0.808. The highest BCUT2D eigenvalue weighted by molar-refractivity contribution is 6.14. The molecule has 0 saturated carbocycles. The number of aliphatic imine (C=N–C) groups is 1. The largest absolute Gasteiger partial charge is 0.504 e. The number of benzene rings is 2. The lowest BCUT2D eigenvalue weighted by Gasteiger charge is -2.39. The van der Waals surface area contributed by atoms with Gasteiger partial charge in [0, 0.05) is 20.1 Å². The number of hydrogen-bond acceptors (Lipinski definition) is 6. The number of phenols is 1. The maximum atomic E-state index is 13.0. The molecule has 0 fully saturated rings. The number of ether oxygens (including phenoxy) is 1. The zero-order valence-electron chi connectivity index (χ0n) is 16.3. The van der Waals surface area contributed by atoms with Gasteiger partial charge < -0.3 is 9.84 Å². The van der Waals surface area contributed by atoms with Crippen LogP contribution in [0.4, 0.5) is 5.69 Å². The van der Waals surface area contributed by atoms with Crippen molar-refractivity contribution in [3.05, 3.63) is 53.6 Å². The highest BCUT2D eigenvalue weighted by Crippen LogP contribution is 2.35. The Bertz CT molecular complexity index is 1000. The van der Waals surface area contributed by atoms with Crippen molar-refractivity contribution in [1.82, 2.24) is 5.01 Å². The van der Waals surface area contributed by atoms with Gasteiger partial charge in [0.05, 0.1) is 19.3 Å². The van der Waals surface area contributed by atoms with Crippen LogP contribution in [-0.4, -0.2) is 41.2 Å². The van der Waals surface area contributed by atoms with E-state index in [2.05, 4.69) is 4.99 Å². The van der Waals surface area contributed by atoms with Crippen LogP contribution in [0.3, 0.4) is 0 Å². The Morgan fingerprint density at radius 1 is 1.14 bits per heavy atom. The van der Waals surface area contributed by atoms with E-state index in [-0.39, 0.29) is 12.3 Å². The molecule has 0 aromatic heterocycles. The third-order valence-corrected chi connectivity index (χ3v) is 4.54. The molecule has 0 bridgehead atoms. The van der Waals surface area contributed by atoms with Gasteiger partial charge in [0.2, 0.25) is 11.8 Å². The van der Waals surface area contributed by atoms with Crippen LogP contribution < -0.4 is 9.75 Å². The van der Waals surface area contributed by atoms with Gasteiger partial charge in [-0.25, -0.2) is 5.01 Å². The molecule has 29 heavy (non-hydrogen) atoms. The van der Waals surface area contributed by atoms with Gasteiger partial charge in [-0.05, 0) is 29.3 Å². The number of fused-ring (bicyclic) bond motifs is 1. The molecular weight excluding hydrogens is 374 g/mol. The third-order valence-electron chi connectivity index (χ3n) is 4.54. The minimum Gasteiger partial charge on any atom is -0.504 e. The van der Waals surface area contributed by atoms with Crippen molar-refractivity contribution in [2.24, 2.45) is 4.99 Å². The number of hydrogen-bond donors (Lipinski definition) is 1. The minimum absolute atomic E-state index is 0.000793. The second-order valence-corrected chi connectivity index (χ2v) is 6.53. The molecule has 1 atom stereocenters. The van der Waals surface area contributed by atoms with Crippen LogP contribution in [0.15, 0.2) is 47.5 Å². The van der Waals surface area contributed by atoms with Crippen LogP contribution in [0.1, 0.15) is 30.9 Å². The van der Waals surface area contributed by atoms with E-state index < -0.39 is 23.6 Å². The van der Waals surface area contributed by atoms with Crippen LogP contribution in [0.5, 0.6) is 11.5 Å². The lowest BCUT2D eigenvalue weighted by atomic mass is 9.94. The van der Waals surface area contributed by atoms with Crippen LogP contribution in [-0.2, 0) is 20.9 Å². The summed E-state index contributed by atoms with van der Waals surface area (Å²) >= 11 is 0. The van der Waals surface area contributed by atoms with E-state index in [9.17, 15) is 19.5 Å². The van der Waals surface area contributed by atoms with E-state index in [0.717, 1.165) is 15.6 Å². The Labute approximate surface area is 168 Å². The van der Waals surface area contributed by atoms with E-state index in [1.807, 2.05) is 0 Å². The molecule has 0 saturated heterocycles. The van der Waals surface area contributed by atoms with E-state index in [4.69, 9.17) is 4.74 Å². The highest BCUT2D eigenvalue weighted by atomic mass is 16.5. The summed E-state index contributed by atoms with van der Waals surface area (Å²) in [6.45, 7) is 2.75. The van der Waals surface area contributed by atoms with Crippen LogP contribution in [0.2, 0.25) is 0 Å². The molecule has 3 rings (SSSR count). The number of carbonyl (C=O) groups excluding carboxylic acids is 3. The van der Waals surface area contributed by atoms with Crippen molar-refractivity contribution in [3.63, 3.8) is 0 Å². The smallest absolute Gasteiger partial charge is 0.261 e. The molecule has 1 N–H and O–H groups in total. The molecule has 3 amide bonds. The Kier molecular flexibility index (Phi) is 5.63. The lowest BCUT2D eigenvalue weighted by Crippen LogP contribution is -2.56. The maximum Gasteiger partial charge on any atom is 0.261 e. The van der Waals surface area contributed by atoms with Crippen LogP contribution in [0.25, 0.3) is 0 Å². The molecular formula is C21H21N3O5. The number of hydrazine groups is 1. The zero-order chi connectivity index (χ0) is 21.1. The fourth-order valence-electron chi connectivity index (χ4n) is 3.26. The highest BCUT2D eigenvalue weighted by Gasteiger charge is 2.41. The van der Waals surface area contributed by atoms with Crippen molar-refractivity contribution in [2.45, 2.75) is 26.3 Å². The van der Waals surface area contributed by atoms with Gasteiger partial charge in [0.1, 0.15) is 5.92 Å². The molecule has 0 radical (unpaired) electrons. The first kappa shape index (κ1) is 20.1. The van der Waals surface area contributed by atoms with Gasteiger partial charge in [-0.2, -0.15) is 5.01 Å². The van der Waals surface area contributed by atoms with Gasteiger partial charge in [0.15, 0.2) is 11.5 Å². The third kappa shape index (κ3) is 3.82. The molecule has 8 nitrogen and oxygen atoms in total. The van der Waals surface area contributed by atoms with Gasteiger partial charge >= 0.3 is 0 Å². The average Bonchev–Trinajstić information content (AvgIpc) is 2.68. The van der Waals surface area contributed by atoms with Crippen molar-refractivity contribution in [3.8, 4) is 11.5 Å². The number of anilines is 1. The van der Waals surface area contributed by atoms with Gasteiger partial charge in [-0.1, -0.05) is 24.3 Å². The van der Waals surface area contributed by atoms with Crippen molar-refractivity contribution >= 4 is 29.6 Å². The van der Waals surface area contributed by atoms with E-state index in [1.54, 1.807) is 36.4 Å². The van der Waals surface area contributed by atoms with Crippen molar-refractivity contribution in [2.75, 3.05) is 12.1 Å². The number of methoxy groups -OCH3 is 1. The van der Waals surface area contributed by atoms with Gasteiger partial charge in [0.25, 0.3) is 5.91 Å². The standard InChI is InChI=1S/C21H21N3O5/c1-13(25)23-18-7-5-4-6-16(18)17(21(28)24(23)14(2)26)12-22-11-15-8-9-20(29-3)19(27)10-15/h4-10,12,17,27H,11H2,1-3H3. The Morgan fingerprint density at radius 2 is 1.83 bits per heavy atom. The first-order chi connectivity index (χ1) is 13.8. The number of imide groups is 1. The number of nitrogens with zero attached hydrogens (tertiary/aromatic N) is 3. The molecule has 2 aromatic rings. The maximum absolute atomic E-state index is 13.0. The summed E-state index contributed by atoms with van der Waals surface area (Å²) in [5.41, 5.74) is 1.78. The summed E-state index contributed by atoms with van der Waals surface area (Å²) in [6, 6.07) is 11.8. The zero-order valence-corrected chi connectivity index (χ0v) is 16.3. The predicted octanol–water partition coefficient (Wildman–Crippen LogP) is 2.41. The van der Waals surface area contributed by atoms with Gasteiger partial charge in [-0.3, -0.25) is 19.4 Å². The van der Waals surface area contributed by atoms with E-state index in [1.165, 1.54) is 33.2 Å².